The number of nitrogens with one attached hydrogen (secondary N) is 1. The lowest BCUT2D eigenvalue weighted by Crippen LogP contribution is -2.09. The van der Waals surface area contributed by atoms with E-state index in [-0.39, 0.29) is 0 Å². The number of likely N-dealkylation sites (N-methyl/N-ethyl adjacent to an activating group) is 1. The molecule has 0 aromatic carbocycles. The molecule has 1 heteroatoms. The molecule has 0 saturated heterocycles. The van der Waals surface area contributed by atoms with Crippen molar-refractivity contribution in [1.29, 1.82) is 0 Å². The number of hydrogen-bond donors (Lipinski definition) is 1. The molecule has 0 aromatic rings. The standard InChI is InChI=1S/C13H23N/c1-5-7-9-12(3)10-13(8-6-2)11-14-4/h6,8-10,14H,5,7,11H2,1-4H3/b8-6-,12-9-,13-10+. The van der Waals surface area contributed by atoms with Crippen LogP contribution in [0, 0.1) is 0 Å². The molecule has 0 bridgehead atoms. The van der Waals surface area contributed by atoms with E-state index in [9.17, 15) is 0 Å². The summed E-state index contributed by atoms with van der Waals surface area (Å²) in [6, 6.07) is 0. The van der Waals surface area contributed by atoms with Crippen LogP contribution in [0.2, 0.25) is 0 Å². The van der Waals surface area contributed by atoms with Crippen molar-refractivity contribution in [2.75, 3.05) is 13.6 Å². The second-order valence-electron chi connectivity index (χ2n) is 3.49. The Morgan fingerprint density at radius 2 is 2.07 bits per heavy atom. The fourth-order valence-electron chi connectivity index (χ4n) is 1.30. The molecule has 0 heterocycles. The van der Waals surface area contributed by atoms with E-state index in [1.165, 1.54) is 24.0 Å². The molecule has 14 heavy (non-hydrogen) atoms. The van der Waals surface area contributed by atoms with Crippen LogP contribution < -0.4 is 5.32 Å². The third-order valence-electron chi connectivity index (χ3n) is 1.93. The van der Waals surface area contributed by atoms with Crippen molar-refractivity contribution in [2.45, 2.75) is 33.6 Å². The van der Waals surface area contributed by atoms with Gasteiger partial charge in [0.1, 0.15) is 0 Å². The number of hydrogen-bond acceptors (Lipinski definition) is 1. The summed E-state index contributed by atoms with van der Waals surface area (Å²) < 4.78 is 0. The summed E-state index contributed by atoms with van der Waals surface area (Å²) in [7, 11) is 1.97. The van der Waals surface area contributed by atoms with Gasteiger partial charge in [0.05, 0.1) is 0 Å². The van der Waals surface area contributed by atoms with E-state index >= 15 is 0 Å². The van der Waals surface area contributed by atoms with E-state index in [1.54, 1.807) is 0 Å². The fourth-order valence-corrected chi connectivity index (χ4v) is 1.30. The normalized spacial score (nSPS) is 14.0. The molecule has 0 aromatic heterocycles. The zero-order valence-corrected chi connectivity index (χ0v) is 9.93. The second-order valence-corrected chi connectivity index (χ2v) is 3.49. The highest BCUT2D eigenvalue weighted by atomic mass is 14.8. The quantitative estimate of drug-likeness (QED) is 0.637. The van der Waals surface area contributed by atoms with E-state index in [0.717, 1.165) is 6.54 Å². The minimum Gasteiger partial charge on any atom is -0.316 e. The van der Waals surface area contributed by atoms with Crippen LogP contribution in [0.15, 0.2) is 35.5 Å². The Balaban J connectivity index is 4.38. The van der Waals surface area contributed by atoms with Crippen molar-refractivity contribution in [3.8, 4) is 0 Å². The summed E-state index contributed by atoms with van der Waals surface area (Å²) in [4.78, 5) is 0. The largest absolute Gasteiger partial charge is 0.316 e. The Kier molecular flexibility index (Phi) is 8.25. The second kappa shape index (κ2) is 8.76. The third kappa shape index (κ3) is 6.67. The van der Waals surface area contributed by atoms with Gasteiger partial charge in [-0.25, -0.2) is 0 Å². The van der Waals surface area contributed by atoms with Crippen molar-refractivity contribution in [1.82, 2.24) is 5.32 Å². The zero-order chi connectivity index (χ0) is 10.8. The van der Waals surface area contributed by atoms with E-state index in [0.29, 0.717) is 0 Å². The van der Waals surface area contributed by atoms with Gasteiger partial charge < -0.3 is 5.32 Å². The fraction of sp³-hybridized carbons (Fsp3) is 0.538. The third-order valence-corrected chi connectivity index (χ3v) is 1.93. The van der Waals surface area contributed by atoms with Gasteiger partial charge in [-0.2, -0.15) is 0 Å². The number of allylic oxidation sites excluding steroid dienone is 4. The summed E-state index contributed by atoms with van der Waals surface area (Å²) >= 11 is 0. The van der Waals surface area contributed by atoms with Crippen LogP contribution in [0.4, 0.5) is 0 Å². The highest BCUT2D eigenvalue weighted by Gasteiger charge is 1.90. The van der Waals surface area contributed by atoms with Gasteiger partial charge in [-0.3, -0.25) is 0 Å². The van der Waals surface area contributed by atoms with Gasteiger partial charge in [-0.1, -0.05) is 43.2 Å². The molecule has 1 nitrogen and oxygen atoms in total. The highest BCUT2D eigenvalue weighted by Crippen LogP contribution is 2.05. The van der Waals surface area contributed by atoms with E-state index in [1.807, 2.05) is 7.05 Å². The summed E-state index contributed by atoms with van der Waals surface area (Å²) in [5, 5.41) is 3.17. The van der Waals surface area contributed by atoms with E-state index in [4.69, 9.17) is 0 Å². The SMILES string of the molecule is C\C=C/C(=C\C(C)=C/CCC)CNC. The average molecular weight is 193 g/mol. The first-order valence-corrected chi connectivity index (χ1v) is 5.39. The van der Waals surface area contributed by atoms with Crippen LogP contribution in [-0.2, 0) is 0 Å². The first-order chi connectivity index (χ1) is 6.74. The molecular weight excluding hydrogens is 170 g/mol. The smallest absolute Gasteiger partial charge is 0.0202 e. The molecule has 0 aliphatic carbocycles. The Labute approximate surface area is 88.6 Å². The van der Waals surface area contributed by atoms with Gasteiger partial charge in [0.15, 0.2) is 0 Å². The van der Waals surface area contributed by atoms with Gasteiger partial charge in [0.25, 0.3) is 0 Å². The summed E-state index contributed by atoms with van der Waals surface area (Å²) in [6.07, 6.45) is 11.2. The maximum atomic E-state index is 3.17. The van der Waals surface area contributed by atoms with Crippen LogP contribution in [0.1, 0.15) is 33.6 Å². The van der Waals surface area contributed by atoms with E-state index < -0.39 is 0 Å². The van der Waals surface area contributed by atoms with Crippen LogP contribution in [0.5, 0.6) is 0 Å². The molecule has 0 atom stereocenters. The van der Waals surface area contributed by atoms with Crippen LogP contribution in [0.3, 0.4) is 0 Å². The average Bonchev–Trinajstić information content (AvgIpc) is 2.15. The molecule has 0 fully saturated rings. The van der Waals surface area contributed by atoms with Gasteiger partial charge in [-0.15, -0.1) is 0 Å². The van der Waals surface area contributed by atoms with Crippen LogP contribution in [0.25, 0.3) is 0 Å². The molecule has 0 aliphatic heterocycles. The topological polar surface area (TPSA) is 12.0 Å². The lowest BCUT2D eigenvalue weighted by molar-refractivity contribution is 0.893. The monoisotopic (exact) mass is 193 g/mol. The van der Waals surface area contributed by atoms with Crippen LogP contribution >= 0.6 is 0 Å². The van der Waals surface area contributed by atoms with Gasteiger partial charge >= 0.3 is 0 Å². The molecule has 0 rings (SSSR count). The predicted molar refractivity (Wildman–Crippen MR) is 65.5 cm³/mol. The summed E-state index contributed by atoms with van der Waals surface area (Å²) in [6.45, 7) is 7.35. The molecule has 80 valence electrons. The van der Waals surface area contributed by atoms with Crippen molar-refractivity contribution in [2.24, 2.45) is 0 Å². The Bertz CT molecular complexity index is 221. The molecule has 0 spiro atoms. The van der Waals surface area contributed by atoms with Crippen molar-refractivity contribution in [3.63, 3.8) is 0 Å². The summed E-state index contributed by atoms with van der Waals surface area (Å²) in [5.74, 6) is 0. The van der Waals surface area contributed by atoms with Crippen molar-refractivity contribution >= 4 is 0 Å². The lowest BCUT2D eigenvalue weighted by atomic mass is 10.1. The Morgan fingerprint density at radius 3 is 2.57 bits per heavy atom. The summed E-state index contributed by atoms with van der Waals surface area (Å²) in [5.41, 5.74) is 2.69. The minimum atomic E-state index is 0.932. The van der Waals surface area contributed by atoms with Gasteiger partial charge in [-0.05, 0) is 32.9 Å². The molecule has 0 radical (unpaired) electrons. The maximum absolute atomic E-state index is 3.17. The Hall–Kier alpha value is -0.820. The highest BCUT2D eigenvalue weighted by molar-refractivity contribution is 5.29. The van der Waals surface area contributed by atoms with Crippen LogP contribution in [-0.4, -0.2) is 13.6 Å². The first-order valence-electron chi connectivity index (χ1n) is 5.39. The van der Waals surface area contributed by atoms with Crippen molar-refractivity contribution < 1.29 is 0 Å². The number of rotatable bonds is 6. The molecule has 0 saturated carbocycles. The van der Waals surface area contributed by atoms with Crippen molar-refractivity contribution in [3.05, 3.63) is 35.5 Å². The molecule has 0 amide bonds. The number of unbranched alkanes of at least 4 members (excludes halogenated alkanes) is 1. The molecule has 0 unspecified atom stereocenters. The molecule has 0 aliphatic rings. The van der Waals surface area contributed by atoms with Gasteiger partial charge in [0, 0.05) is 6.54 Å². The zero-order valence-electron chi connectivity index (χ0n) is 9.93. The van der Waals surface area contributed by atoms with E-state index in [2.05, 4.69) is 50.4 Å². The first kappa shape index (κ1) is 13.2. The maximum Gasteiger partial charge on any atom is 0.0202 e. The Morgan fingerprint density at radius 1 is 1.36 bits per heavy atom. The van der Waals surface area contributed by atoms with Gasteiger partial charge in [0.2, 0.25) is 0 Å². The molecular formula is C13H23N. The predicted octanol–water partition coefficient (Wildman–Crippen LogP) is 3.45. The minimum absolute atomic E-state index is 0.932. The lowest BCUT2D eigenvalue weighted by Gasteiger charge is -2.01. The molecule has 1 N–H and O–H groups in total.